The van der Waals surface area contributed by atoms with E-state index in [9.17, 15) is 9.59 Å². The summed E-state index contributed by atoms with van der Waals surface area (Å²) in [5.41, 5.74) is 0.455. The predicted molar refractivity (Wildman–Crippen MR) is 74.7 cm³/mol. The first-order chi connectivity index (χ1) is 9.98. The van der Waals surface area contributed by atoms with Gasteiger partial charge in [-0.2, -0.15) is 0 Å². The van der Waals surface area contributed by atoms with Crippen LogP contribution < -0.4 is 0 Å². The van der Waals surface area contributed by atoms with Crippen molar-refractivity contribution in [2.24, 2.45) is 0 Å². The molecule has 1 fully saturated rings. The van der Waals surface area contributed by atoms with Crippen molar-refractivity contribution in [3.8, 4) is 0 Å². The van der Waals surface area contributed by atoms with Gasteiger partial charge in [0.15, 0.2) is 0 Å². The molecule has 1 saturated heterocycles. The third-order valence-electron chi connectivity index (χ3n) is 3.28. The Balaban J connectivity index is 1.66. The maximum Gasteiger partial charge on any atom is 0.329 e. The molecular formula is C15H19NO5. The number of amides is 1. The number of carbonyl (C=O) groups is 2. The standard InChI is InChI=1S/C15H19NO5/c1-15(21-9-14(18)19)10-16(11-15)13(17)8-20-7-12-5-3-2-4-6-12/h2-6H,7-11H2,1H3,(H,18,19). The molecule has 0 unspecified atom stereocenters. The summed E-state index contributed by atoms with van der Waals surface area (Å²) in [6, 6.07) is 9.63. The number of nitrogens with zero attached hydrogens (tertiary/aromatic N) is 1. The average molecular weight is 293 g/mol. The van der Waals surface area contributed by atoms with Crippen molar-refractivity contribution in [2.75, 3.05) is 26.3 Å². The Kier molecular flexibility index (Phi) is 4.93. The topological polar surface area (TPSA) is 76.1 Å². The fourth-order valence-corrected chi connectivity index (χ4v) is 2.19. The lowest BCUT2D eigenvalue weighted by molar-refractivity contribution is -0.175. The minimum atomic E-state index is -1.01. The van der Waals surface area contributed by atoms with Crippen LogP contribution in [-0.2, 0) is 25.7 Å². The van der Waals surface area contributed by atoms with E-state index in [4.69, 9.17) is 14.6 Å². The summed E-state index contributed by atoms with van der Waals surface area (Å²) in [5, 5.41) is 8.57. The Morgan fingerprint density at radius 1 is 1.24 bits per heavy atom. The van der Waals surface area contributed by atoms with E-state index in [-0.39, 0.29) is 19.1 Å². The second-order valence-electron chi connectivity index (χ2n) is 5.36. The van der Waals surface area contributed by atoms with Gasteiger partial charge in [0.2, 0.25) is 5.91 Å². The van der Waals surface area contributed by atoms with Crippen LogP contribution in [0.5, 0.6) is 0 Å². The van der Waals surface area contributed by atoms with Crippen LogP contribution in [0.1, 0.15) is 12.5 Å². The summed E-state index contributed by atoms with van der Waals surface area (Å²) < 4.78 is 10.6. The summed E-state index contributed by atoms with van der Waals surface area (Å²) in [5.74, 6) is -1.12. The third kappa shape index (κ3) is 4.54. The first kappa shape index (κ1) is 15.5. The van der Waals surface area contributed by atoms with Crippen molar-refractivity contribution in [2.45, 2.75) is 19.1 Å². The van der Waals surface area contributed by atoms with E-state index in [2.05, 4.69) is 0 Å². The number of carboxylic acid groups (broad SMARTS) is 1. The van der Waals surface area contributed by atoms with Crippen LogP contribution in [0.25, 0.3) is 0 Å². The van der Waals surface area contributed by atoms with Gasteiger partial charge in [-0.15, -0.1) is 0 Å². The molecule has 1 amide bonds. The number of hydrogen-bond acceptors (Lipinski definition) is 4. The number of benzene rings is 1. The minimum Gasteiger partial charge on any atom is -0.480 e. The van der Waals surface area contributed by atoms with E-state index in [1.807, 2.05) is 30.3 Å². The molecule has 1 aliphatic heterocycles. The molecule has 2 rings (SSSR count). The Morgan fingerprint density at radius 3 is 2.52 bits per heavy atom. The van der Waals surface area contributed by atoms with Gasteiger partial charge in [-0.3, -0.25) is 4.79 Å². The number of likely N-dealkylation sites (tertiary alicyclic amines) is 1. The first-order valence-electron chi connectivity index (χ1n) is 6.74. The Labute approximate surface area is 123 Å². The highest BCUT2D eigenvalue weighted by atomic mass is 16.5. The average Bonchev–Trinajstić information content (AvgIpc) is 2.43. The van der Waals surface area contributed by atoms with Gasteiger partial charge in [0.1, 0.15) is 18.8 Å². The monoisotopic (exact) mass is 293 g/mol. The zero-order chi connectivity index (χ0) is 15.3. The molecule has 1 aromatic carbocycles. The normalized spacial score (nSPS) is 16.3. The number of hydrogen-bond donors (Lipinski definition) is 1. The van der Waals surface area contributed by atoms with Crippen LogP contribution in [0.2, 0.25) is 0 Å². The van der Waals surface area contributed by atoms with Crippen molar-refractivity contribution < 1.29 is 24.2 Å². The van der Waals surface area contributed by atoms with Crippen molar-refractivity contribution >= 4 is 11.9 Å². The largest absolute Gasteiger partial charge is 0.480 e. The van der Waals surface area contributed by atoms with Crippen LogP contribution in [0.15, 0.2) is 30.3 Å². The number of carbonyl (C=O) groups excluding carboxylic acids is 1. The first-order valence-corrected chi connectivity index (χ1v) is 6.74. The molecular weight excluding hydrogens is 274 g/mol. The summed E-state index contributed by atoms with van der Waals surface area (Å²) in [7, 11) is 0. The molecule has 0 aromatic heterocycles. The Bertz CT molecular complexity index is 496. The maximum absolute atomic E-state index is 11.9. The van der Waals surface area contributed by atoms with E-state index in [0.717, 1.165) is 5.56 Å². The van der Waals surface area contributed by atoms with Crippen molar-refractivity contribution in [3.05, 3.63) is 35.9 Å². The molecule has 0 spiro atoms. The molecule has 6 heteroatoms. The van der Waals surface area contributed by atoms with E-state index in [0.29, 0.717) is 19.7 Å². The third-order valence-corrected chi connectivity index (χ3v) is 3.28. The van der Waals surface area contributed by atoms with Crippen LogP contribution in [0, 0.1) is 0 Å². The summed E-state index contributed by atoms with van der Waals surface area (Å²) in [6.07, 6.45) is 0. The highest BCUT2D eigenvalue weighted by Crippen LogP contribution is 2.24. The Hall–Kier alpha value is -1.92. The van der Waals surface area contributed by atoms with Crippen molar-refractivity contribution in [3.63, 3.8) is 0 Å². The van der Waals surface area contributed by atoms with Gasteiger partial charge in [0.05, 0.1) is 19.7 Å². The lowest BCUT2D eigenvalue weighted by Crippen LogP contribution is -2.64. The van der Waals surface area contributed by atoms with Crippen LogP contribution in [0.4, 0.5) is 0 Å². The molecule has 1 aromatic rings. The zero-order valence-corrected chi connectivity index (χ0v) is 11.9. The van der Waals surface area contributed by atoms with Gasteiger partial charge in [0, 0.05) is 0 Å². The molecule has 6 nitrogen and oxygen atoms in total. The fourth-order valence-electron chi connectivity index (χ4n) is 2.19. The van der Waals surface area contributed by atoms with E-state index in [1.165, 1.54) is 0 Å². The lowest BCUT2D eigenvalue weighted by Gasteiger charge is -2.47. The second-order valence-corrected chi connectivity index (χ2v) is 5.36. The molecule has 1 aliphatic rings. The molecule has 21 heavy (non-hydrogen) atoms. The molecule has 0 radical (unpaired) electrons. The van der Waals surface area contributed by atoms with E-state index >= 15 is 0 Å². The van der Waals surface area contributed by atoms with Crippen LogP contribution in [-0.4, -0.2) is 53.8 Å². The smallest absolute Gasteiger partial charge is 0.329 e. The molecule has 0 atom stereocenters. The van der Waals surface area contributed by atoms with Crippen LogP contribution >= 0.6 is 0 Å². The summed E-state index contributed by atoms with van der Waals surface area (Å²) in [6.45, 7) is 2.66. The SMILES string of the molecule is CC1(OCC(=O)O)CN(C(=O)COCc2ccccc2)C1. The summed E-state index contributed by atoms with van der Waals surface area (Å²) in [4.78, 5) is 23.9. The van der Waals surface area contributed by atoms with E-state index < -0.39 is 11.6 Å². The van der Waals surface area contributed by atoms with Crippen molar-refractivity contribution in [1.82, 2.24) is 4.90 Å². The van der Waals surface area contributed by atoms with Gasteiger partial charge < -0.3 is 19.5 Å². The fraction of sp³-hybridized carbons (Fsp3) is 0.467. The van der Waals surface area contributed by atoms with Gasteiger partial charge >= 0.3 is 5.97 Å². The molecule has 1 heterocycles. The zero-order valence-electron chi connectivity index (χ0n) is 11.9. The lowest BCUT2D eigenvalue weighted by atomic mass is 9.96. The highest BCUT2D eigenvalue weighted by molar-refractivity contribution is 5.78. The van der Waals surface area contributed by atoms with Gasteiger partial charge in [-0.1, -0.05) is 30.3 Å². The Morgan fingerprint density at radius 2 is 1.90 bits per heavy atom. The van der Waals surface area contributed by atoms with Gasteiger partial charge in [-0.05, 0) is 12.5 Å². The predicted octanol–water partition coefficient (Wildman–Crippen LogP) is 0.905. The van der Waals surface area contributed by atoms with Crippen LogP contribution in [0.3, 0.4) is 0 Å². The number of rotatable bonds is 7. The second kappa shape index (κ2) is 6.69. The quantitative estimate of drug-likeness (QED) is 0.808. The molecule has 1 N–H and O–H groups in total. The maximum atomic E-state index is 11.9. The minimum absolute atomic E-state index is 0.0178. The highest BCUT2D eigenvalue weighted by Gasteiger charge is 2.42. The van der Waals surface area contributed by atoms with Crippen molar-refractivity contribution in [1.29, 1.82) is 0 Å². The van der Waals surface area contributed by atoms with E-state index in [1.54, 1.807) is 11.8 Å². The van der Waals surface area contributed by atoms with Gasteiger partial charge in [0.25, 0.3) is 0 Å². The molecule has 0 saturated carbocycles. The molecule has 0 bridgehead atoms. The number of carboxylic acids is 1. The molecule has 0 aliphatic carbocycles. The number of aliphatic carboxylic acids is 1. The number of ether oxygens (including phenoxy) is 2. The summed E-state index contributed by atoms with van der Waals surface area (Å²) >= 11 is 0. The van der Waals surface area contributed by atoms with Gasteiger partial charge in [-0.25, -0.2) is 4.79 Å². The molecule has 114 valence electrons.